The van der Waals surface area contributed by atoms with E-state index >= 15 is 0 Å². The summed E-state index contributed by atoms with van der Waals surface area (Å²) in [6.07, 6.45) is 4.52. The fourth-order valence-corrected chi connectivity index (χ4v) is 4.61. The predicted octanol–water partition coefficient (Wildman–Crippen LogP) is 2.08. The number of carboxylic acid groups (broad SMARTS) is 1. The first-order valence-corrected chi connectivity index (χ1v) is 11.1. The number of carboxylic acids is 1. The molecule has 0 radical (unpaired) electrons. The molecule has 0 bridgehead atoms. The van der Waals surface area contributed by atoms with Crippen LogP contribution in [0.5, 0.6) is 5.75 Å². The van der Waals surface area contributed by atoms with Gasteiger partial charge in [-0.25, -0.2) is 13.1 Å². The van der Waals surface area contributed by atoms with Gasteiger partial charge in [-0.1, -0.05) is 6.92 Å². The van der Waals surface area contributed by atoms with Crippen LogP contribution >= 0.6 is 0 Å². The SMILES string of the molecule is CCCOc1ccc(S(=O)(=O)NC2CC(N(CC(=O)O)CC3CC3)C2)cc1. The van der Waals surface area contributed by atoms with E-state index in [1.807, 2.05) is 11.8 Å². The highest BCUT2D eigenvalue weighted by Crippen LogP contribution is 2.34. The van der Waals surface area contributed by atoms with Crippen LogP contribution in [0.4, 0.5) is 0 Å². The smallest absolute Gasteiger partial charge is 0.317 e. The molecule has 8 heteroatoms. The minimum absolute atomic E-state index is 0.0276. The molecular weight excluding hydrogens is 368 g/mol. The van der Waals surface area contributed by atoms with Crippen molar-refractivity contribution < 1.29 is 23.1 Å². The number of nitrogens with one attached hydrogen (secondary N) is 1. The summed E-state index contributed by atoms with van der Waals surface area (Å²) in [5.41, 5.74) is 0. The molecular formula is C19H28N2O5S. The van der Waals surface area contributed by atoms with Crippen molar-refractivity contribution in [2.75, 3.05) is 19.7 Å². The minimum atomic E-state index is -3.58. The number of carbonyl (C=O) groups is 1. The molecule has 2 aliphatic rings. The van der Waals surface area contributed by atoms with Gasteiger partial charge in [0.25, 0.3) is 0 Å². The van der Waals surface area contributed by atoms with Crippen molar-refractivity contribution in [2.45, 2.75) is 56.0 Å². The van der Waals surface area contributed by atoms with Gasteiger partial charge in [0.15, 0.2) is 0 Å². The Bertz CT molecular complexity index is 740. The number of ether oxygens (including phenoxy) is 1. The number of aliphatic carboxylic acids is 1. The van der Waals surface area contributed by atoms with E-state index in [0.29, 0.717) is 31.1 Å². The second-order valence-electron chi connectivity index (χ2n) is 7.53. The van der Waals surface area contributed by atoms with Gasteiger partial charge in [-0.3, -0.25) is 9.69 Å². The Morgan fingerprint density at radius 3 is 2.48 bits per heavy atom. The number of rotatable bonds is 11. The maximum Gasteiger partial charge on any atom is 0.317 e. The fraction of sp³-hybridized carbons (Fsp3) is 0.632. The van der Waals surface area contributed by atoms with Crippen molar-refractivity contribution in [1.82, 2.24) is 9.62 Å². The molecule has 0 aliphatic heterocycles. The Morgan fingerprint density at radius 2 is 1.93 bits per heavy atom. The van der Waals surface area contributed by atoms with Crippen molar-refractivity contribution in [2.24, 2.45) is 5.92 Å². The first-order valence-electron chi connectivity index (χ1n) is 9.58. The van der Waals surface area contributed by atoms with Gasteiger partial charge in [-0.15, -0.1) is 0 Å². The molecule has 1 aromatic carbocycles. The molecule has 1 aromatic rings. The lowest BCUT2D eigenvalue weighted by Crippen LogP contribution is -2.55. The Kier molecular flexibility index (Phi) is 6.39. The van der Waals surface area contributed by atoms with Gasteiger partial charge >= 0.3 is 5.97 Å². The van der Waals surface area contributed by atoms with Crippen LogP contribution < -0.4 is 9.46 Å². The van der Waals surface area contributed by atoms with Crippen molar-refractivity contribution in [1.29, 1.82) is 0 Å². The largest absolute Gasteiger partial charge is 0.494 e. The summed E-state index contributed by atoms with van der Waals surface area (Å²) >= 11 is 0. The van der Waals surface area contributed by atoms with Crippen LogP contribution in [-0.4, -0.2) is 56.2 Å². The van der Waals surface area contributed by atoms with E-state index in [1.165, 1.54) is 0 Å². The predicted molar refractivity (Wildman–Crippen MR) is 101 cm³/mol. The zero-order chi connectivity index (χ0) is 19.4. The summed E-state index contributed by atoms with van der Waals surface area (Å²) in [7, 11) is -3.58. The fourth-order valence-electron chi connectivity index (χ4n) is 3.35. The minimum Gasteiger partial charge on any atom is -0.494 e. The van der Waals surface area contributed by atoms with E-state index < -0.39 is 16.0 Å². The van der Waals surface area contributed by atoms with Crippen molar-refractivity contribution in [3.8, 4) is 5.75 Å². The quantitative estimate of drug-likeness (QED) is 0.595. The number of sulfonamides is 1. The maximum atomic E-state index is 12.5. The van der Waals surface area contributed by atoms with Gasteiger partial charge in [0.2, 0.25) is 10.0 Å². The molecule has 0 heterocycles. The van der Waals surface area contributed by atoms with Crippen molar-refractivity contribution >= 4 is 16.0 Å². The van der Waals surface area contributed by atoms with E-state index in [2.05, 4.69) is 4.72 Å². The molecule has 2 fully saturated rings. The second kappa shape index (κ2) is 8.58. The van der Waals surface area contributed by atoms with E-state index in [0.717, 1.165) is 25.8 Å². The lowest BCUT2D eigenvalue weighted by molar-refractivity contribution is -0.139. The van der Waals surface area contributed by atoms with Crippen LogP contribution in [0.1, 0.15) is 39.0 Å². The van der Waals surface area contributed by atoms with Gasteiger partial charge in [0.05, 0.1) is 18.0 Å². The van der Waals surface area contributed by atoms with Crippen LogP contribution in [-0.2, 0) is 14.8 Å². The van der Waals surface area contributed by atoms with Gasteiger partial charge in [-0.05, 0) is 62.3 Å². The van der Waals surface area contributed by atoms with Crippen LogP contribution in [0.15, 0.2) is 29.2 Å². The summed E-state index contributed by atoms with van der Waals surface area (Å²) in [4.78, 5) is 13.3. The molecule has 2 aliphatic carbocycles. The summed E-state index contributed by atoms with van der Waals surface area (Å²) in [5.74, 6) is 0.433. The molecule has 3 rings (SSSR count). The molecule has 2 N–H and O–H groups in total. The zero-order valence-corrected chi connectivity index (χ0v) is 16.5. The third kappa shape index (κ3) is 5.67. The summed E-state index contributed by atoms with van der Waals surface area (Å²) in [5, 5.41) is 9.10. The van der Waals surface area contributed by atoms with Gasteiger partial charge in [0, 0.05) is 18.6 Å². The molecule has 2 saturated carbocycles. The standard InChI is InChI=1S/C19H28N2O5S/c1-2-9-26-17-5-7-18(8-6-17)27(24,25)20-15-10-16(11-15)21(13-19(22)23)12-14-3-4-14/h5-8,14-16,20H,2-4,9-13H2,1H3,(H,22,23). The number of hydrogen-bond acceptors (Lipinski definition) is 5. The monoisotopic (exact) mass is 396 g/mol. The first-order chi connectivity index (χ1) is 12.9. The Labute approximate surface area is 160 Å². The highest BCUT2D eigenvalue weighted by atomic mass is 32.2. The van der Waals surface area contributed by atoms with Crippen LogP contribution in [0, 0.1) is 5.92 Å². The van der Waals surface area contributed by atoms with Crippen molar-refractivity contribution in [3.63, 3.8) is 0 Å². The van der Waals surface area contributed by atoms with Crippen LogP contribution in [0.2, 0.25) is 0 Å². The van der Waals surface area contributed by atoms with Gasteiger partial charge in [-0.2, -0.15) is 0 Å². The third-order valence-electron chi connectivity index (χ3n) is 5.09. The lowest BCUT2D eigenvalue weighted by Gasteiger charge is -2.42. The molecule has 150 valence electrons. The topological polar surface area (TPSA) is 95.9 Å². The van der Waals surface area contributed by atoms with E-state index in [4.69, 9.17) is 9.84 Å². The lowest BCUT2D eigenvalue weighted by atomic mass is 9.86. The molecule has 0 aromatic heterocycles. The van der Waals surface area contributed by atoms with Gasteiger partial charge in [0.1, 0.15) is 5.75 Å². The molecule has 0 atom stereocenters. The highest BCUT2D eigenvalue weighted by Gasteiger charge is 2.38. The molecule has 0 spiro atoms. The normalized spacial score (nSPS) is 22.4. The molecule has 7 nitrogen and oxygen atoms in total. The number of benzene rings is 1. The van der Waals surface area contributed by atoms with Gasteiger partial charge < -0.3 is 9.84 Å². The molecule has 0 amide bonds. The molecule has 0 saturated heterocycles. The highest BCUT2D eigenvalue weighted by molar-refractivity contribution is 7.89. The average molecular weight is 397 g/mol. The average Bonchev–Trinajstić information content (AvgIpc) is 3.39. The molecule has 27 heavy (non-hydrogen) atoms. The van der Waals surface area contributed by atoms with Crippen molar-refractivity contribution in [3.05, 3.63) is 24.3 Å². The third-order valence-corrected chi connectivity index (χ3v) is 6.62. The second-order valence-corrected chi connectivity index (χ2v) is 9.24. The summed E-state index contributed by atoms with van der Waals surface area (Å²) < 4.78 is 33.3. The molecule has 0 unspecified atom stereocenters. The first kappa shape index (κ1) is 20.1. The Morgan fingerprint density at radius 1 is 1.26 bits per heavy atom. The van der Waals surface area contributed by atoms with E-state index in [1.54, 1.807) is 24.3 Å². The van der Waals surface area contributed by atoms with Crippen LogP contribution in [0.3, 0.4) is 0 Å². The summed E-state index contributed by atoms with van der Waals surface area (Å²) in [6.45, 7) is 3.44. The van der Waals surface area contributed by atoms with Crippen LogP contribution in [0.25, 0.3) is 0 Å². The Balaban J connectivity index is 1.52. The summed E-state index contributed by atoms with van der Waals surface area (Å²) in [6, 6.07) is 6.42. The number of hydrogen-bond donors (Lipinski definition) is 2. The zero-order valence-electron chi connectivity index (χ0n) is 15.6. The van der Waals surface area contributed by atoms with E-state index in [9.17, 15) is 13.2 Å². The maximum absolute atomic E-state index is 12.5. The number of nitrogens with zero attached hydrogens (tertiary/aromatic N) is 1. The van der Waals surface area contributed by atoms with E-state index in [-0.39, 0.29) is 23.5 Å². The Hall–Kier alpha value is -1.64.